The van der Waals surface area contributed by atoms with Gasteiger partial charge in [0.25, 0.3) is 5.56 Å². The zero-order chi connectivity index (χ0) is 15.9. The first-order valence-corrected chi connectivity index (χ1v) is 8.13. The van der Waals surface area contributed by atoms with Crippen LogP contribution in [0.4, 0.5) is 0 Å². The molecule has 118 valence electrons. The SMILES string of the molecule is CCCc1cc(=O)[nH]c(SCC(=O)N[C@@H](C)c2ccco2)n1. The number of furan rings is 1. The quantitative estimate of drug-likeness (QED) is 0.603. The number of carbonyl (C=O) groups is 1. The molecule has 2 N–H and O–H groups in total. The zero-order valence-corrected chi connectivity index (χ0v) is 13.4. The zero-order valence-electron chi connectivity index (χ0n) is 12.6. The van der Waals surface area contributed by atoms with Gasteiger partial charge >= 0.3 is 0 Å². The minimum absolute atomic E-state index is 0.141. The number of aryl methyl sites for hydroxylation is 1. The maximum Gasteiger partial charge on any atom is 0.251 e. The second kappa shape index (κ2) is 7.84. The Labute approximate surface area is 132 Å². The summed E-state index contributed by atoms with van der Waals surface area (Å²) in [5.41, 5.74) is 0.559. The molecule has 6 nitrogen and oxygen atoms in total. The first kappa shape index (κ1) is 16.4. The van der Waals surface area contributed by atoms with Gasteiger partial charge < -0.3 is 14.7 Å². The fourth-order valence-electron chi connectivity index (χ4n) is 1.96. The number of nitrogens with one attached hydrogen (secondary N) is 2. The highest BCUT2D eigenvalue weighted by Gasteiger charge is 2.12. The second-order valence-corrected chi connectivity index (χ2v) is 5.85. The summed E-state index contributed by atoms with van der Waals surface area (Å²) in [4.78, 5) is 30.4. The molecule has 0 saturated carbocycles. The summed E-state index contributed by atoms with van der Waals surface area (Å²) in [5.74, 6) is 0.746. The molecule has 0 bridgehead atoms. The number of hydrogen-bond donors (Lipinski definition) is 2. The Bertz CT molecular complexity index is 667. The normalized spacial score (nSPS) is 12.1. The van der Waals surface area contributed by atoms with E-state index in [1.165, 1.54) is 17.8 Å². The topological polar surface area (TPSA) is 88.0 Å². The molecule has 7 heteroatoms. The van der Waals surface area contributed by atoms with Gasteiger partial charge in [0.05, 0.1) is 18.1 Å². The summed E-state index contributed by atoms with van der Waals surface area (Å²) in [5, 5.41) is 3.30. The van der Waals surface area contributed by atoms with Crippen LogP contribution in [-0.2, 0) is 11.2 Å². The third-order valence-electron chi connectivity index (χ3n) is 2.97. The van der Waals surface area contributed by atoms with Crippen LogP contribution in [0, 0.1) is 0 Å². The molecule has 22 heavy (non-hydrogen) atoms. The molecule has 0 saturated heterocycles. The van der Waals surface area contributed by atoms with Crippen molar-refractivity contribution >= 4 is 17.7 Å². The van der Waals surface area contributed by atoms with Crippen LogP contribution >= 0.6 is 11.8 Å². The molecule has 1 amide bonds. The molecule has 0 spiro atoms. The lowest BCUT2D eigenvalue weighted by Gasteiger charge is -2.11. The summed E-state index contributed by atoms with van der Waals surface area (Å²) in [6, 6.07) is 4.89. The van der Waals surface area contributed by atoms with Gasteiger partial charge in [-0.3, -0.25) is 9.59 Å². The van der Waals surface area contributed by atoms with Crippen LogP contribution in [0.2, 0.25) is 0 Å². The van der Waals surface area contributed by atoms with E-state index >= 15 is 0 Å². The summed E-state index contributed by atoms with van der Waals surface area (Å²) >= 11 is 1.21. The van der Waals surface area contributed by atoms with Gasteiger partial charge in [0.2, 0.25) is 5.91 Å². The first-order chi connectivity index (χ1) is 10.6. The van der Waals surface area contributed by atoms with E-state index in [4.69, 9.17) is 4.42 Å². The van der Waals surface area contributed by atoms with Crippen LogP contribution < -0.4 is 10.9 Å². The van der Waals surface area contributed by atoms with Crippen molar-refractivity contribution in [3.63, 3.8) is 0 Å². The molecular weight excluding hydrogens is 302 g/mol. The van der Waals surface area contributed by atoms with Crippen LogP contribution in [0.3, 0.4) is 0 Å². The van der Waals surface area contributed by atoms with Crippen molar-refractivity contribution in [2.45, 2.75) is 37.9 Å². The Morgan fingerprint density at radius 1 is 1.55 bits per heavy atom. The summed E-state index contributed by atoms with van der Waals surface area (Å²) in [7, 11) is 0. The number of thioether (sulfide) groups is 1. The third-order valence-corrected chi connectivity index (χ3v) is 3.84. The summed E-state index contributed by atoms with van der Waals surface area (Å²) in [6.45, 7) is 3.88. The number of nitrogens with zero attached hydrogens (tertiary/aromatic N) is 1. The molecule has 1 atom stereocenters. The second-order valence-electron chi connectivity index (χ2n) is 4.89. The first-order valence-electron chi connectivity index (χ1n) is 7.14. The minimum atomic E-state index is -0.193. The van der Waals surface area contributed by atoms with Crippen LogP contribution in [0.5, 0.6) is 0 Å². The predicted molar refractivity (Wildman–Crippen MR) is 84.8 cm³/mol. The van der Waals surface area contributed by atoms with Gasteiger partial charge in [-0.2, -0.15) is 0 Å². The Balaban J connectivity index is 1.89. The van der Waals surface area contributed by atoms with Crippen molar-refractivity contribution < 1.29 is 9.21 Å². The van der Waals surface area contributed by atoms with Gasteiger partial charge in [-0.1, -0.05) is 25.1 Å². The molecule has 0 unspecified atom stereocenters. The van der Waals surface area contributed by atoms with Gasteiger partial charge in [-0.15, -0.1) is 0 Å². The molecule has 0 aromatic carbocycles. The number of hydrogen-bond acceptors (Lipinski definition) is 5. The lowest BCUT2D eigenvalue weighted by Crippen LogP contribution is -2.28. The van der Waals surface area contributed by atoms with Crippen molar-refractivity contribution in [2.24, 2.45) is 0 Å². The fraction of sp³-hybridized carbons (Fsp3) is 0.400. The molecule has 2 rings (SSSR count). The monoisotopic (exact) mass is 321 g/mol. The Morgan fingerprint density at radius 2 is 2.36 bits per heavy atom. The largest absolute Gasteiger partial charge is 0.467 e. The standard InChI is InChI=1S/C15H19N3O3S/c1-3-5-11-8-13(19)18-15(17-11)22-9-14(20)16-10(2)12-6-4-7-21-12/h4,6-8,10H,3,5,9H2,1-2H3,(H,16,20)(H,17,18,19)/t10-/m0/s1. The number of H-pyrrole nitrogens is 1. The van der Waals surface area contributed by atoms with E-state index in [1.54, 1.807) is 12.3 Å². The number of aromatic nitrogens is 2. The molecule has 2 aromatic rings. The molecule has 0 aliphatic heterocycles. The molecule has 0 aliphatic carbocycles. The van der Waals surface area contributed by atoms with Crippen LogP contribution in [0.15, 0.2) is 38.8 Å². The number of rotatable bonds is 7. The molecule has 0 aliphatic rings. The van der Waals surface area contributed by atoms with E-state index in [2.05, 4.69) is 15.3 Å². The highest BCUT2D eigenvalue weighted by Crippen LogP contribution is 2.15. The van der Waals surface area contributed by atoms with E-state index in [-0.39, 0.29) is 23.3 Å². The predicted octanol–water partition coefficient (Wildman–Crippen LogP) is 2.28. The van der Waals surface area contributed by atoms with Crippen molar-refractivity contribution in [1.29, 1.82) is 0 Å². The van der Waals surface area contributed by atoms with Gasteiger partial charge in [-0.25, -0.2) is 4.98 Å². The number of amides is 1. The van der Waals surface area contributed by atoms with Gasteiger partial charge in [0.1, 0.15) is 5.76 Å². The van der Waals surface area contributed by atoms with Crippen molar-refractivity contribution in [3.05, 3.63) is 46.3 Å². The smallest absolute Gasteiger partial charge is 0.251 e. The Hall–Kier alpha value is -2.02. The molecule has 2 heterocycles. The van der Waals surface area contributed by atoms with Crippen LogP contribution in [0.25, 0.3) is 0 Å². The van der Waals surface area contributed by atoms with E-state index < -0.39 is 0 Å². The third kappa shape index (κ3) is 4.77. The Kier molecular flexibility index (Phi) is 5.83. The van der Waals surface area contributed by atoms with E-state index in [0.29, 0.717) is 10.9 Å². The lowest BCUT2D eigenvalue weighted by molar-refractivity contribution is -0.119. The van der Waals surface area contributed by atoms with E-state index in [0.717, 1.165) is 18.5 Å². The van der Waals surface area contributed by atoms with Gasteiger partial charge in [0.15, 0.2) is 5.16 Å². The number of aromatic amines is 1. The maximum atomic E-state index is 11.9. The van der Waals surface area contributed by atoms with Gasteiger partial charge in [0, 0.05) is 11.8 Å². The van der Waals surface area contributed by atoms with Crippen molar-refractivity contribution in [3.8, 4) is 0 Å². The lowest BCUT2D eigenvalue weighted by atomic mass is 10.2. The van der Waals surface area contributed by atoms with Crippen molar-refractivity contribution in [1.82, 2.24) is 15.3 Å². The van der Waals surface area contributed by atoms with E-state index in [1.807, 2.05) is 19.9 Å². The van der Waals surface area contributed by atoms with E-state index in [9.17, 15) is 9.59 Å². The minimum Gasteiger partial charge on any atom is -0.467 e. The summed E-state index contributed by atoms with van der Waals surface area (Å²) < 4.78 is 5.24. The highest BCUT2D eigenvalue weighted by molar-refractivity contribution is 7.99. The van der Waals surface area contributed by atoms with Crippen LogP contribution in [-0.4, -0.2) is 21.6 Å². The van der Waals surface area contributed by atoms with Crippen LogP contribution in [0.1, 0.15) is 37.8 Å². The number of carbonyl (C=O) groups excluding carboxylic acids is 1. The molecule has 2 aromatic heterocycles. The average Bonchev–Trinajstić information content (AvgIpc) is 2.99. The Morgan fingerprint density at radius 3 is 3.05 bits per heavy atom. The molecule has 0 radical (unpaired) electrons. The van der Waals surface area contributed by atoms with Gasteiger partial charge in [-0.05, 0) is 25.5 Å². The molecular formula is C15H19N3O3S. The highest BCUT2D eigenvalue weighted by atomic mass is 32.2. The molecule has 0 fully saturated rings. The average molecular weight is 321 g/mol. The summed E-state index contributed by atoms with van der Waals surface area (Å²) in [6.07, 6.45) is 3.24. The maximum absolute atomic E-state index is 11.9. The van der Waals surface area contributed by atoms with Crippen molar-refractivity contribution in [2.75, 3.05) is 5.75 Å². The fourth-order valence-corrected chi connectivity index (χ4v) is 2.67.